The van der Waals surface area contributed by atoms with E-state index in [1.807, 2.05) is 0 Å². The fourth-order valence-corrected chi connectivity index (χ4v) is 3.23. The van der Waals surface area contributed by atoms with Crippen LogP contribution in [0.5, 0.6) is 0 Å². The minimum atomic E-state index is 0.167. The van der Waals surface area contributed by atoms with Gasteiger partial charge in [-0.15, -0.1) is 0 Å². The zero-order valence-corrected chi connectivity index (χ0v) is 14.5. The van der Waals surface area contributed by atoms with Gasteiger partial charge in [-0.1, -0.05) is 28.1 Å². The van der Waals surface area contributed by atoms with Crippen LogP contribution in [-0.4, -0.2) is 57.1 Å². The Kier molecular flexibility index (Phi) is 6.27. The summed E-state index contributed by atoms with van der Waals surface area (Å²) in [5.41, 5.74) is 1.24. The molecule has 2 fully saturated rings. The van der Waals surface area contributed by atoms with Crippen molar-refractivity contribution in [2.24, 2.45) is 0 Å². The van der Waals surface area contributed by atoms with Crippen molar-refractivity contribution in [2.45, 2.75) is 25.0 Å². The summed E-state index contributed by atoms with van der Waals surface area (Å²) < 4.78 is 18.3. The van der Waals surface area contributed by atoms with Crippen molar-refractivity contribution in [1.29, 1.82) is 0 Å². The number of hydrogen-bond acceptors (Lipinski definition) is 4. The van der Waals surface area contributed by atoms with E-state index >= 15 is 0 Å². The number of benzene rings is 1. The lowest BCUT2D eigenvalue weighted by Crippen LogP contribution is -2.40. The molecule has 22 heavy (non-hydrogen) atoms. The molecule has 122 valence electrons. The summed E-state index contributed by atoms with van der Waals surface area (Å²) in [6.45, 7) is 6.07. The third-order valence-electron chi connectivity index (χ3n) is 4.27. The maximum atomic E-state index is 5.90. The Morgan fingerprint density at radius 1 is 1.18 bits per heavy atom. The van der Waals surface area contributed by atoms with Gasteiger partial charge in [-0.2, -0.15) is 0 Å². The van der Waals surface area contributed by atoms with E-state index in [2.05, 4.69) is 45.1 Å². The molecule has 2 heterocycles. The van der Waals surface area contributed by atoms with Crippen LogP contribution in [0.1, 0.15) is 24.5 Å². The highest BCUT2D eigenvalue weighted by Gasteiger charge is 2.22. The van der Waals surface area contributed by atoms with Gasteiger partial charge in [-0.05, 0) is 30.5 Å². The molecule has 1 aromatic rings. The van der Waals surface area contributed by atoms with Crippen LogP contribution in [0.3, 0.4) is 0 Å². The molecule has 0 spiro atoms. The van der Waals surface area contributed by atoms with Crippen molar-refractivity contribution in [1.82, 2.24) is 4.90 Å². The van der Waals surface area contributed by atoms with E-state index in [0.29, 0.717) is 6.10 Å². The van der Waals surface area contributed by atoms with Gasteiger partial charge in [0.1, 0.15) is 0 Å². The van der Waals surface area contributed by atoms with Crippen molar-refractivity contribution in [3.63, 3.8) is 0 Å². The number of ether oxygens (including phenoxy) is 3. The van der Waals surface area contributed by atoms with Crippen LogP contribution in [0.4, 0.5) is 0 Å². The molecule has 2 saturated heterocycles. The zero-order valence-electron chi connectivity index (χ0n) is 12.9. The molecule has 0 aromatic heterocycles. The van der Waals surface area contributed by atoms with Gasteiger partial charge < -0.3 is 14.2 Å². The summed E-state index contributed by atoms with van der Waals surface area (Å²) in [4.78, 5) is 2.42. The van der Waals surface area contributed by atoms with Gasteiger partial charge >= 0.3 is 0 Å². The molecule has 1 aromatic carbocycles. The highest BCUT2D eigenvalue weighted by Crippen LogP contribution is 2.23. The first kappa shape index (κ1) is 16.4. The van der Waals surface area contributed by atoms with E-state index in [4.69, 9.17) is 14.2 Å². The molecule has 3 rings (SSSR count). The summed E-state index contributed by atoms with van der Waals surface area (Å²) in [5.74, 6) is 0. The molecule has 2 aliphatic rings. The minimum absolute atomic E-state index is 0.167. The number of rotatable bonds is 6. The molecule has 4 nitrogen and oxygen atoms in total. The Bertz CT molecular complexity index is 448. The lowest BCUT2D eigenvalue weighted by atomic mass is 10.1. The summed E-state index contributed by atoms with van der Waals surface area (Å²) >= 11 is 3.47. The van der Waals surface area contributed by atoms with E-state index in [0.717, 1.165) is 57.0 Å². The largest absolute Gasteiger partial charge is 0.377 e. The lowest BCUT2D eigenvalue weighted by Gasteiger charge is -2.33. The van der Waals surface area contributed by atoms with Crippen molar-refractivity contribution >= 4 is 15.9 Å². The number of nitrogens with zero attached hydrogens (tertiary/aromatic N) is 1. The molecule has 0 saturated carbocycles. The Labute approximate surface area is 140 Å². The highest BCUT2D eigenvalue weighted by atomic mass is 79.9. The third kappa shape index (κ3) is 4.77. The van der Waals surface area contributed by atoms with Crippen LogP contribution in [0.25, 0.3) is 0 Å². The standard InChI is InChI=1S/C17H24BrNO3/c18-15-5-3-14(4-6-15)17-12-19(8-11-22-17)7-10-20-13-16-2-1-9-21-16/h3-6,16-17H,1-2,7-13H2. The average Bonchev–Trinajstić information content (AvgIpc) is 3.06. The van der Waals surface area contributed by atoms with E-state index in [-0.39, 0.29) is 6.10 Å². The fraction of sp³-hybridized carbons (Fsp3) is 0.647. The van der Waals surface area contributed by atoms with Crippen LogP contribution in [0, 0.1) is 0 Å². The molecule has 0 aliphatic carbocycles. The smallest absolute Gasteiger partial charge is 0.0952 e. The molecule has 2 aliphatic heterocycles. The first-order valence-corrected chi connectivity index (χ1v) is 8.89. The van der Waals surface area contributed by atoms with Gasteiger partial charge in [-0.3, -0.25) is 4.90 Å². The van der Waals surface area contributed by atoms with E-state index in [9.17, 15) is 0 Å². The molecule has 5 heteroatoms. The van der Waals surface area contributed by atoms with E-state index in [1.165, 1.54) is 12.0 Å². The molecule has 2 unspecified atom stereocenters. The molecule has 2 atom stereocenters. The summed E-state index contributed by atoms with van der Waals surface area (Å²) in [5, 5.41) is 0. The molecule has 0 N–H and O–H groups in total. The summed E-state index contributed by atoms with van der Waals surface area (Å²) in [6, 6.07) is 8.41. The van der Waals surface area contributed by atoms with Gasteiger partial charge in [0.25, 0.3) is 0 Å². The van der Waals surface area contributed by atoms with Crippen LogP contribution in [0.2, 0.25) is 0 Å². The van der Waals surface area contributed by atoms with Crippen LogP contribution < -0.4 is 0 Å². The maximum Gasteiger partial charge on any atom is 0.0952 e. The number of morpholine rings is 1. The van der Waals surface area contributed by atoms with Gasteiger partial charge in [0.05, 0.1) is 32.0 Å². The molecule has 0 radical (unpaired) electrons. The fourth-order valence-electron chi connectivity index (χ4n) is 2.97. The predicted molar refractivity (Wildman–Crippen MR) is 89.1 cm³/mol. The van der Waals surface area contributed by atoms with Crippen LogP contribution >= 0.6 is 15.9 Å². The zero-order chi connectivity index (χ0) is 15.2. The second-order valence-electron chi connectivity index (χ2n) is 5.92. The highest BCUT2D eigenvalue weighted by molar-refractivity contribution is 9.10. The number of halogens is 1. The van der Waals surface area contributed by atoms with Crippen molar-refractivity contribution in [3.05, 3.63) is 34.3 Å². The summed E-state index contributed by atoms with van der Waals surface area (Å²) in [7, 11) is 0. The number of hydrogen-bond donors (Lipinski definition) is 0. The lowest BCUT2D eigenvalue weighted by molar-refractivity contribution is -0.0435. The second-order valence-corrected chi connectivity index (χ2v) is 6.84. The van der Waals surface area contributed by atoms with Crippen LogP contribution in [-0.2, 0) is 14.2 Å². The van der Waals surface area contributed by atoms with E-state index < -0.39 is 0 Å². The van der Waals surface area contributed by atoms with Gasteiger partial charge in [0.15, 0.2) is 0 Å². The predicted octanol–water partition coefficient (Wildman–Crippen LogP) is 3.02. The minimum Gasteiger partial charge on any atom is -0.377 e. The van der Waals surface area contributed by atoms with Crippen LogP contribution in [0.15, 0.2) is 28.7 Å². The maximum absolute atomic E-state index is 5.90. The Hall–Kier alpha value is -0.460. The molecular weight excluding hydrogens is 346 g/mol. The van der Waals surface area contributed by atoms with Crippen molar-refractivity contribution in [3.8, 4) is 0 Å². The Morgan fingerprint density at radius 2 is 2.05 bits per heavy atom. The van der Waals surface area contributed by atoms with Gasteiger partial charge in [-0.25, -0.2) is 0 Å². The molecule has 0 bridgehead atoms. The monoisotopic (exact) mass is 369 g/mol. The topological polar surface area (TPSA) is 30.9 Å². The molecular formula is C17H24BrNO3. The van der Waals surface area contributed by atoms with Crippen molar-refractivity contribution in [2.75, 3.05) is 46.1 Å². The first-order valence-electron chi connectivity index (χ1n) is 8.10. The molecule has 0 amide bonds. The van der Waals surface area contributed by atoms with Gasteiger partial charge in [0.2, 0.25) is 0 Å². The second kappa shape index (κ2) is 8.41. The first-order chi connectivity index (χ1) is 10.8. The quantitative estimate of drug-likeness (QED) is 0.721. The normalized spacial score (nSPS) is 26.4. The third-order valence-corrected chi connectivity index (χ3v) is 4.80. The average molecular weight is 370 g/mol. The Morgan fingerprint density at radius 3 is 2.82 bits per heavy atom. The SMILES string of the molecule is Brc1ccc(C2CN(CCOCC3CCCO3)CCO2)cc1. The Balaban J connectivity index is 1.39. The van der Waals surface area contributed by atoms with Crippen molar-refractivity contribution < 1.29 is 14.2 Å². The van der Waals surface area contributed by atoms with Gasteiger partial charge in [0, 0.05) is 30.7 Å². The summed E-state index contributed by atoms with van der Waals surface area (Å²) in [6.07, 6.45) is 2.80. The van der Waals surface area contributed by atoms with E-state index in [1.54, 1.807) is 0 Å².